The Labute approximate surface area is 107 Å². The number of hydrogen-bond acceptors (Lipinski definition) is 1. The van der Waals surface area contributed by atoms with Gasteiger partial charge in [0.2, 0.25) is 0 Å². The van der Waals surface area contributed by atoms with E-state index in [1.807, 2.05) is 0 Å². The Balaban J connectivity index is 2.34. The second-order valence-electron chi connectivity index (χ2n) is 4.69. The van der Waals surface area contributed by atoms with Gasteiger partial charge in [-0.05, 0) is 43.4 Å². The Hall–Kier alpha value is -1.16. The minimum absolute atomic E-state index is 0.158. The summed E-state index contributed by atoms with van der Waals surface area (Å²) in [6.45, 7) is 1.57. The lowest BCUT2D eigenvalue weighted by Crippen LogP contribution is -2.06. The molecule has 0 N–H and O–H groups in total. The molecule has 96 valence electrons. The number of hydrogen-bond donors (Lipinski definition) is 0. The van der Waals surface area contributed by atoms with Crippen molar-refractivity contribution in [2.75, 3.05) is 0 Å². The van der Waals surface area contributed by atoms with Gasteiger partial charge in [0.1, 0.15) is 11.3 Å². The molecule has 0 radical (unpaired) electrons. The molecule has 18 heavy (non-hydrogen) atoms. The fraction of sp³-hybridized carbons (Fsp3) is 0.385. The van der Waals surface area contributed by atoms with Crippen LogP contribution in [-0.4, -0.2) is 0 Å². The second-order valence-corrected chi connectivity index (χ2v) is 5.07. The molecule has 1 fully saturated rings. The number of aryl methyl sites for hydroxylation is 1. The monoisotopic (exact) mass is 274 g/mol. The quantitative estimate of drug-likeness (QED) is 0.688. The highest BCUT2D eigenvalue weighted by molar-refractivity contribution is 6.36. The molecule has 3 rings (SSSR count). The molecule has 1 aromatic heterocycles. The predicted octanol–water partition coefficient (Wildman–Crippen LogP) is 5.29. The number of alkyl halides is 3. The summed E-state index contributed by atoms with van der Waals surface area (Å²) < 4.78 is 44.2. The van der Waals surface area contributed by atoms with Crippen LogP contribution in [0.2, 0.25) is 5.02 Å². The van der Waals surface area contributed by atoms with Crippen LogP contribution in [-0.2, 0) is 6.18 Å². The van der Waals surface area contributed by atoms with Crippen LogP contribution in [0, 0.1) is 6.92 Å². The number of benzene rings is 1. The number of furan rings is 1. The predicted molar refractivity (Wildman–Crippen MR) is 62.9 cm³/mol. The molecule has 0 atom stereocenters. The third kappa shape index (κ3) is 1.79. The van der Waals surface area contributed by atoms with Gasteiger partial charge in [0.15, 0.2) is 0 Å². The Morgan fingerprint density at radius 1 is 1.28 bits per heavy atom. The standard InChI is InChI=1S/C13H10ClF3O/c1-6-11(14)9-4-8(7-2-3-7)5-10(12(9)18-6)13(15,16)17/h4-5,7H,2-3H2,1H3. The van der Waals surface area contributed by atoms with Crippen molar-refractivity contribution in [3.05, 3.63) is 34.0 Å². The maximum absolute atomic E-state index is 13.0. The average molecular weight is 275 g/mol. The largest absolute Gasteiger partial charge is 0.459 e. The van der Waals surface area contributed by atoms with E-state index >= 15 is 0 Å². The zero-order chi connectivity index (χ0) is 13.1. The molecule has 0 aliphatic heterocycles. The van der Waals surface area contributed by atoms with Crippen molar-refractivity contribution in [3.8, 4) is 0 Å². The van der Waals surface area contributed by atoms with E-state index in [2.05, 4.69) is 0 Å². The molecular weight excluding hydrogens is 265 g/mol. The lowest BCUT2D eigenvalue weighted by molar-refractivity contribution is -0.136. The molecule has 1 aliphatic rings. The van der Waals surface area contributed by atoms with Crippen molar-refractivity contribution in [2.24, 2.45) is 0 Å². The first-order valence-corrected chi connectivity index (χ1v) is 6.05. The molecule has 0 saturated heterocycles. The highest BCUT2D eigenvalue weighted by Gasteiger charge is 2.37. The van der Waals surface area contributed by atoms with Crippen LogP contribution in [0.15, 0.2) is 16.5 Å². The average Bonchev–Trinajstić information content (AvgIpc) is 3.06. The first kappa shape index (κ1) is 11.9. The molecule has 0 spiro atoms. The summed E-state index contributed by atoms with van der Waals surface area (Å²) >= 11 is 6.00. The molecule has 1 aliphatic carbocycles. The summed E-state index contributed by atoms with van der Waals surface area (Å²) in [6.07, 6.45) is -2.54. The Morgan fingerprint density at radius 3 is 2.50 bits per heavy atom. The molecule has 0 amide bonds. The smallest absolute Gasteiger partial charge is 0.420 e. The van der Waals surface area contributed by atoms with Crippen molar-refractivity contribution in [1.29, 1.82) is 0 Å². The van der Waals surface area contributed by atoms with Gasteiger partial charge in [0, 0.05) is 5.39 Å². The van der Waals surface area contributed by atoms with Crippen molar-refractivity contribution in [2.45, 2.75) is 31.9 Å². The molecule has 1 aromatic carbocycles. The van der Waals surface area contributed by atoms with Gasteiger partial charge in [-0.1, -0.05) is 11.6 Å². The van der Waals surface area contributed by atoms with Crippen LogP contribution in [0.1, 0.15) is 35.6 Å². The summed E-state index contributed by atoms with van der Waals surface area (Å²) in [4.78, 5) is 0. The van der Waals surface area contributed by atoms with Crippen LogP contribution in [0.3, 0.4) is 0 Å². The van der Waals surface area contributed by atoms with E-state index in [1.165, 1.54) is 6.07 Å². The normalized spacial score (nSPS) is 16.5. The van der Waals surface area contributed by atoms with E-state index in [-0.39, 0.29) is 16.5 Å². The molecule has 1 saturated carbocycles. The lowest BCUT2D eigenvalue weighted by atomic mass is 10.0. The Morgan fingerprint density at radius 2 is 1.94 bits per heavy atom. The van der Waals surface area contributed by atoms with Crippen LogP contribution in [0.25, 0.3) is 11.0 Å². The number of rotatable bonds is 1. The number of fused-ring (bicyclic) bond motifs is 1. The van der Waals surface area contributed by atoms with Crippen LogP contribution in [0.4, 0.5) is 13.2 Å². The summed E-state index contributed by atoms with van der Waals surface area (Å²) in [7, 11) is 0. The highest BCUT2D eigenvalue weighted by Crippen LogP contribution is 2.46. The summed E-state index contributed by atoms with van der Waals surface area (Å²) in [5.41, 5.74) is -0.177. The highest BCUT2D eigenvalue weighted by atomic mass is 35.5. The summed E-state index contributed by atoms with van der Waals surface area (Å²) in [5.74, 6) is 0.562. The topological polar surface area (TPSA) is 13.1 Å². The van der Waals surface area contributed by atoms with Gasteiger partial charge in [-0.2, -0.15) is 13.2 Å². The summed E-state index contributed by atoms with van der Waals surface area (Å²) in [5, 5.41) is 0.642. The summed E-state index contributed by atoms with van der Waals surface area (Å²) in [6, 6.07) is 2.92. The zero-order valence-electron chi connectivity index (χ0n) is 9.57. The van der Waals surface area contributed by atoms with Crippen LogP contribution < -0.4 is 0 Å². The fourth-order valence-electron chi connectivity index (χ4n) is 2.17. The van der Waals surface area contributed by atoms with E-state index in [0.717, 1.165) is 12.8 Å². The molecule has 2 aromatic rings. The van der Waals surface area contributed by atoms with E-state index in [1.54, 1.807) is 13.0 Å². The van der Waals surface area contributed by atoms with E-state index in [9.17, 15) is 13.2 Å². The molecule has 5 heteroatoms. The maximum Gasteiger partial charge on any atom is 0.420 e. The zero-order valence-corrected chi connectivity index (χ0v) is 10.3. The fourth-order valence-corrected chi connectivity index (χ4v) is 2.35. The van der Waals surface area contributed by atoms with Gasteiger partial charge < -0.3 is 4.42 Å². The first-order chi connectivity index (χ1) is 8.38. The Bertz CT molecular complexity index is 623. The molecule has 1 heterocycles. The van der Waals surface area contributed by atoms with Crippen LogP contribution >= 0.6 is 11.6 Å². The third-order valence-corrected chi connectivity index (χ3v) is 3.74. The van der Waals surface area contributed by atoms with Gasteiger partial charge in [0.25, 0.3) is 0 Å². The molecule has 0 unspecified atom stereocenters. The van der Waals surface area contributed by atoms with Gasteiger partial charge in [-0.3, -0.25) is 0 Å². The minimum atomic E-state index is -4.42. The molecule has 1 nitrogen and oxygen atoms in total. The van der Waals surface area contributed by atoms with Crippen LogP contribution in [0.5, 0.6) is 0 Å². The molecular formula is C13H10ClF3O. The molecule has 0 bridgehead atoms. The van der Waals surface area contributed by atoms with E-state index in [4.69, 9.17) is 16.0 Å². The van der Waals surface area contributed by atoms with E-state index < -0.39 is 11.7 Å². The lowest BCUT2D eigenvalue weighted by Gasteiger charge is -2.09. The third-order valence-electron chi connectivity index (χ3n) is 3.27. The minimum Gasteiger partial charge on any atom is -0.459 e. The van der Waals surface area contributed by atoms with Gasteiger partial charge >= 0.3 is 6.18 Å². The van der Waals surface area contributed by atoms with Crippen molar-refractivity contribution in [3.63, 3.8) is 0 Å². The Kier molecular flexibility index (Phi) is 2.43. The van der Waals surface area contributed by atoms with E-state index in [0.29, 0.717) is 16.7 Å². The van der Waals surface area contributed by atoms with Gasteiger partial charge in [-0.25, -0.2) is 0 Å². The second kappa shape index (κ2) is 3.67. The first-order valence-electron chi connectivity index (χ1n) is 5.67. The van der Waals surface area contributed by atoms with Crippen molar-refractivity contribution in [1.82, 2.24) is 0 Å². The van der Waals surface area contributed by atoms with Crippen molar-refractivity contribution >= 4 is 22.6 Å². The maximum atomic E-state index is 13.0. The van der Waals surface area contributed by atoms with Crippen molar-refractivity contribution < 1.29 is 17.6 Å². The number of halogens is 4. The van der Waals surface area contributed by atoms with Gasteiger partial charge in [0.05, 0.1) is 10.6 Å². The van der Waals surface area contributed by atoms with Gasteiger partial charge in [-0.15, -0.1) is 0 Å². The SMILES string of the molecule is Cc1oc2c(C(F)(F)F)cc(C3CC3)cc2c1Cl.